The Labute approximate surface area is 130 Å². The third kappa shape index (κ3) is 4.53. The van der Waals surface area contributed by atoms with Gasteiger partial charge in [-0.1, -0.05) is 36.2 Å². The van der Waals surface area contributed by atoms with E-state index in [9.17, 15) is 0 Å². The number of aryl methyl sites for hydroxylation is 2. The zero-order chi connectivity index (χ0) is 15.4. The Balaban J connectivity index is 2.07. The fourth-order valence-corrected chi connectivity index (χ4v) is 3.50. The van der Waals surface area contributed by atoms with Crippen molar-refractivity contribution in [2.45, 2.75) is 45.7 Å². The molecule has 1 aromatic carbocycles. The lowest BCUT2D eigenvalue weighted by Crippen LogP contribution is -2.43. The highest BCUT2D eigenvalue weighted by atomic mass is 15.2. The second kappa shape index (κ2) is 7.39. The largest absolute Gasteiger partial charge is 0.323 e. The molecule has 1 aliphatic rings. The van der Waals surface area contributed by atoms with E-state index in [0.29, 0.717) is 6.04 Å². The van der Waals surface area contributed by atoms with Crippen LogP contribution in [0.2, 0.25) is 0 Å². The van der Waals surface area contributed by atoms with Gasteiger partial charge in [0.25, 0.3) is 0 Å². The lowest BCUT2D eigenvalue weighted by molar-refractivity contribution is 0.174. The van der Waals surface area contributed by atoms with Gasteiger partial charge in [-0.2, -0.15) is 0 Å². The van der Waals surface area contributed by atoms with E-state index in [4.69, 9.17) is 5.73 Å². The summed E-state index contributed by atoms with van der Waals surface area (Å²) in [6.07, 6.45) is 2.44. The minimum absolute atomic E-state index is 0.112. The van der Waals surface area contributed by atoms with Crippen molar-refractivity contribution in [1.82, 2.24) is 9.80 Å². The molecular formula is C18H31N3. The normalized spacial score (nSPS) is 23.0. The van der Waals surface area contributed by atoms with Crippen LogP contribution in [0.5, 0.6) is 0 Å². The number of likely N-dealkylation sites (N-methyl/N-ethyl adjacent to an activating group) is 1. The summed E-state index contributed by atoms with van der Waals surface area (Å²) in [5, 5.41) is 0. The van der Waals surface area contributed by atoms with Crippen LogP contribution in [0, 0.1) is 13.8 Å². The average molecular weight is 289 g/mol. The molecule has 3 heteroatoms. The maximum absolute atomic E-state index is 6.51. The number of nitrogens with zero attached hydrogens (tertiary/aromatic N) is 2. The molecule has 1 heterocycles. The van der Waals surface area contributed by atoms with Crippen LogP contribution in [0.4, 0.5) is 0 Å². The van der Waals surface area contributed by atoms with E-state index < -0.39 is 0 Å². The van der Waals surface area contributed by atoms with Gasteiger partial charge < -0.3 is 10.6 Å². The van der Waals surface area contributed by atoms with Gasteiger partial charge in [0.15, 0.2) is 0 Å². The fraction of sp³-hybridized carbons (Fsp3) is 0.667. The number of hydrogen-bond acceptors (Lipinski definition) is 3. The average Bonchev–Trinajstić information content (AvgIpc) is 2.59. The van der Waals surface area contributed by atoms with Crippen molar-refractivity contribution >= 4 is 0 Å². The molecule has 0 amide bonds. The third-order valence-corrected chi connectivity index (χ3v) is 4.60. The van der Waals surface area contributed by atoms with E-state index in [0.717, 1.165) is 13.1 Å². The second-order valence-electron chi connectivity index (χ2n) is 6.70. The monoisotopic (exact) mass is 289 g/mol. The number of hydrogen-bond donors (Lipinski definition) is 1. The highest BCUT2D eigenvalue weighted by Crippen LogP contribution is 2.19. The summed E-state index contributed by atoms with van der Waals surface area (Å²) in [6.45, 7) is 11.1. The molecule has 3 nitrogen and oxygen atoms in total. The molecule has 0 aromatic heterocycles. The molecule has 0 radical (unpaired) electrons. The predicted octanol–water partition coefficient (Wildman–Crippen LogP) is 2.72. The molecule has 0 aliphatic carbocycles. The standard InChI is InChI=1S/C18H31N3/c1-5-17-12-20(4)7-6-8-21(17)13-18(19)16-10-14(2)9-15(3)11-16/h9-11,17-18H,5-8,12-13,19H2,1-4H3. The zero-order valence-corrected chi connectivity index (χ0v) is 14.1. The molecule has 1 fully saturated rings. The fourth-order valence-electron chi connectivity index (χ4n) is 3.50. The van der Waals surface area contributed by atoms with Gasteiger partial charge in [0.2, 0.25) is 0 Å². The quantitative estimate of drug-likeness (QED) is 0.925. The van der Waals surface area contributed by atoms with Gasteiger partial charge in [0, 0.05) is 25.2 Å². The summed E-state index contributed by atoms with van der Waals surface area (Å²) in [5.41, 5.74) is 10.4. The second-order valence-corrected chi connectivity index (χ2v) is 6.70. The Kier molecular flexibility index (Phi) is 5.80. The van der Waals surface area contributed by atoms with Crippen LogP contribution in [-0.4, -0.2) is 49.1 Å². The van der Waals surface area contributed by atoms with Crippen LogP contribution in [0.15, 0.2) is 18.2 Å². The van der Waals surface area contributed by atoms with Crippen molar-refractivity contribution in [1.29, 1.82) is 0 Å². The zero-order valence-electron chi connectivity index (χ0n) is 14.1. The van der Waals surface area contributed by atoms with Crippen LogP contribution >= 0.6 is 0 Å². The van der Waals surface area contributed by atoms with Crippen molar-refractivity contribution in [3.63, 3.8) is 0 Å². The summed E-state index contributed by atoms with van der Waals surface area (Å²) < 4.78 is 0. The van der Waals surface area contributed by atoms with Crippen molar-refractivity contribution in [2.24, 2.45) is 5.73 Å². The minimum Gasteiger partial charge on any atom is -0.323 e. The van der Waals surface area contributed by atoms with Gasteiger partial charge in [-0.15, -0.1) is 0 Å². The highest BCUT2D eigenvalue weighted by Gasteiger charge is 2.23. The maximum atomic E-state index is 6.51. The molecule has 2 rings (SSSR count). The van der Waals surface area contributed by atoms with Gasteiger partial charge >= 0.3 is 0 Å². The van der Waals surface area contributed by atoms with E-state index in [2.05, 4.69) is 55.8 Å². The molecule has 1 aromatic rings. The topological polar surface area (TPSA) is 32.5 Å². The summed E-state index contributed by atoms with van der Waals surface area (Å²) >= 11 is 0. The number of benzene rings is 1. The molecule has 2 N–H and O–H groups in total. The molecule has 0 bridgehead atoms. The third-order valence-electron chi connectivity index (χ3n) is 4.60. The van der Waals surface area contributed by atoms with Crippen molar-refractivity contribution < 1.29 is 0 Å². The molecule has 21 heavy (non-hydrogen) atoms. The Hall–Kier alpha value is -0.900. The first-order chi connectivity index (χ1) is 9.99. The van der Waals surface area contributed by atoms with Crippen LogP contribution in [0.3, 0.4) is 0 Å². The summed E-state index contributed by atoms with van der Waals surface area (Å²) in [4.78, 5) is 5.06. The summed E-state index contributed by atoms with van der Waals surface area (Å²) in [6, 6.07) is 7.44. The first-order valence-corrected chi connectivity index (χ1v) is 8.26. The smallest absolute Gasteiger partial charge is 0.0424 e. The Morgan fingerprint density at radius 3 is 2.48 bits per heavy atom. The van der Waals surface area contributed by atoms with E-state index >= 15 is 0 Å². The molecule has 1 aliphatic heterocycles. The van der Waals surface area contributed by atoms with Crippen LogP contribution in [0.1, 0.15) is 42.5 Å². The number of rotatable bonds is 4. The van der Waals surface area contributed by atoms with Gasteiger partial charge in [0.1, 0.15) is 0 Å². The van der Waals surface area contributed by atoms with Crippen LogP contribution in [-0.2, 0) is 0 Å². The Morgan fingerprint density at radius 1 is 1.19 bits per heavy atom. The molecule has 0 spiro atoms. The van der Waals surface area contributed by atoms with E-state index in [1.165, 1.54) is 42.6 Å². The summed E-state index contributed by atoms with van der Waals surface area (Å²) in [7, 11) is 2.23. The summed E-state index contributed by atoms with van der Waals surface area (Å²) in [5.74, 6) is 0. The van der Waals surface area contributed by atoms with Crippen molar-refractivity contribution in [3.05, 3.63) is 34.9 Å². The Bertz CT molecular complexity index is 438. The highest BCUT2D eigenvalue weighted by molar-refractivity contribution is 5.30. The first kappa shape index (κ1) is 16.5. The van der Waals surface area contributed by atoms with Gasteiger partial charge in [-0.05, 0) is 52.4 Å². The molecular weight excluding hydrogens is 258 g/mol. The van der Waals surface area contributed by atoms with E-state index in [1.54, 1.807) is 0 Å². The first-order valence-electron chi connectivity index (χ1n) is 8.26. The van der Waals surface area contributed by atoms with Crippen molar-refractivity contribution in [2.75, 3.05) is 33.2 Å². The predicted molar refractivity (Wildman–Crippen MR) is 90.6 cm³/mol. The maximum Gasteiger partial charge on any atom is 0.0424 e. The van der Waals surface area contributed by atoms with Crippen molar-refractivity contribution in [3.8, 4) is 0 Å². The molecule has 118 valence electrons. The van der Waals surface area contributed by atoms with E-state index in [1.807, 2.05) is 0 Å². The molecule has 2 unspecified atom stereocenters. The molecule has 1 saturated heterocycles. The van der Waals surface area contributed by atoms with Crippen LogP contribution in [0.25, 0.3) is 0 Å². The van der Waals surface area contributed by atoms with Gasteiger partial charge in [-0.3, -0.25) is 4.90 Å². The van der Waals surface area contributed by atoms with Gasteiger partial charge in [-0.25, -0.2) is 0 Å². The van der Waals surface area contributed by atoms with E-state index in [-0.39, 0.29) is 6.04 Å². The SMILES string of the molecule is CCC1CN(C)CCCN1CC(N)c1cc(C)cc(C)c1. The lowest BCUT2D eigenvalue weighted by atomic mass is 10.0. The van der Waals surface area contributed by atoms with Crippen LogP contribution < -0.4 is 5.73 Å². The Morgan fingerprint density at radius 2 is 1.86 bits per heavy atom. The number of nitrogens with two attached hydrogens (primary N) is 1. The minimum atomic E-state index is 0.112. The molecule has 2 atom stereocenters. The molecule has 0 saturated carbocycles. The lowest BCUT2D eigenvalue weighted by Gasteiger charge is -2.32. The van der Waals surface area contributed by atoms with Gasteiger partial charge in [0.05, 0.1) is 0 Å².